The second-order valence-corrected chi connectivity index (χ2v) is 4.85. The summed E-state index contributed by atoms with van der Waals surface area (Å²) < 4.78 is 4.84. The first kappa shape index (κ1) is 15.2. The maximum absolute atomic E-state index is 12.0. The van der Waals surface area contributed by atoms with Crippen LogP contribution in [0.25, 0.3) is 0 Å². The standard InChI is InChI=1S/C12H19N5O4/c1-9(11(18)19)16-4-6-17(7-5-16)12(20)13-3-2-10-14-8-15-21-10/h8-9H,2-7H2,1H3,(H,13,20)(H,18,19). The summed E-state index contributed by atoms with van der Waals surface area (Å²) in [6, 6.07) is -0.676. The Labute approximate surface area is 121 Å². The topological polar surface area (TPSA) is 112 Å². The zero-order chi connectivity index (χ0) is 15.2. The van der Waals surface area contributed by atoms with Crippen LogP contribution in [0, 0.1) is 0 Å². The number of carbonyl (C=O) groups is 2. The Morgan fingerprint density at radius 3 is 2.71 bits per heavy atom. The number of nitrogens with zero attached hydrogens (tertiary/aromatic N) is 4. The Balaban J connectivity index is 1.69. The molecular formula is C12H19N5O4. The fourth-order valence-electron chi connectivity index (χ4n) is 2.16. The van der Waals surface area contributed by atoms with Gasteiger partial charge in [-0.25, -0.2) is 4.79 Å². The van der Waals surface area contributed by atoms with Gasteiger partial charge in [-0.1, -0.05) is 5.16 Å². The molecular weight excluding hydrogens is 278 g/mol. The van der Waals surface area contributed by atoms with E-state index in [-0.39, 0.29) is 6.03 Å². The minimum Gasteiger partial charge on any atom is -0.480 e. The van der Waals surface area contributed by atoms with E-state index in [0.717, 1.165) is 0 Å². The average Bonchev–Trinajstić information content (AvgIpc) is 2.99. The lowest BCUT2D eigenvalue weighted by atomic mass is 10.2. The molecule has 2 rings (SSSR count). The van der Waals surface area contributed by atoms with Crippen molar-refractivity contribution in [1.29, 1.82) is 0 Å². The average molecular weight is 297 g/mol. The van der Waals surface area contributed by atoms with E-state index in [9.17, 15) is 9.59 Å². The Morgan fingerprint density at radius 1 is 1.43 bits per heavy atom. The van der Waals surface area contributed by atoms with Crippen molar-refractivity contribution in [2.24, 2.45) is 0 Å². The van der Waals surface area contributed by atoms with Crippen LogP contribution in [0.2, 0.25) is 0 Å². The van der Waals surface area contributed by atoms with Gasteiger partial charge in [0.15, 0.2) is 6.33 Å². The molecule has 1 aliphatic rings. The molecule has 1 fully saturated rings. The first-order chi connectivity index (χ1) is 10.1. The second kappa shape index (κ2) is 7.02. The molecule has 1 atom stereocenters. The minimum absolute atomic E-state index is 0.155. The minimum atomic E-state index is -0.840. The predicted molar refractivity (Wildman–Crippen MR) is 71.6 cm³/mol. The lowest BCUT2D eigenvalue weighted by Gasteiger charge is -2.36. The number of piperazine rings is 1. The van der Waals surface area contributed by atoms with E-state index in [1.54, 1.807) is 11.8 Å². The number of hydrogen-bond donors (Lipinski definition) is 2. The van der Waals surface area contributed by atoms with Crippen molar-refractivity contribution in [3.63, 3.8) is 0 Å². The molecule has 2 N–H and O–H groups in total. The quantitative estimate of drug-likeness (QED) is 0.747. The molecule has 116 valence electrons. The van der Waals surface area contributed by atoms with Gasteiger partial charge in [-0.05, 0) is 6.92 Å². The number of hydrogen-bond acceptors (Lipinski definition) is 6. The fourth-order valence-corrected chi connectivity index (χ4v) is 2.16. The number of carboxylic acid groups (broad SMARTS) is 1. The number of aromatic nitrogens is 2. The van der Waals surface area contributed by atoms with E-state index in [4.69, 9.17) is 9.63 Å². The molecule has 1 unspecified atom stereocenters. The zero-order valence-corrected chi connectivity index (χ0v) is 11.9. The number of amides is 2. The first-order valence-electron chi connectivity index (χ1n) is 6.83. The molecule has 0 aromatic carbocycles. The lowest BCUT2D eigenvalue weighted by Crippen LogP contribution is -2.55. The van der Waals surface area contributed by atoms with Crippen LogP contribution < -0.4 is 5.32 Å². The van der Waals surface area contributed by atoms with Gasteiger partial charge >= 0.3 is 12.0 Å². The molecule has 2 amide bonds. The van der Waals surface area contributed by atoms with Crippen LogP contribution in [0.1, 0.15) is 12.8 Å². The number of nitrogens with one attached hydrogen (secondary N) is 1. The molecule has 0 aliphatic carbocycles. The van der Waals surface area contributed by atoms with E-state index < -0.39 is 12.0 Å². The van der Waals surface area contributed by atoms with Crippen LogP contribution >= 0.6 is 0 Å². The molecule has 0 spiro atoms. The molecule has 9 heteroatoms. The van der Waals surface area contributed by atoms with E-state index in [2.05, 4.69) is 15.5 Å². The number of rotatable bonds is 5. The summed E-state index contributed by atoms with van der Waals surface area (Å²) in [4.78, 5) is 30.3. The van der Waals surface area contributed by atoms with E-state index in [1.165, 1.54) is 6.33 Å². The van der Waals surface area contributed by atoms with Crippen LogP contribution in [0.5, 0.6) is 0 Å². The second-order valence-electron chi connectivity index (χ2n) is 4.85. The van der Waals surface area contributed by atoms with Gasteiger partial charge in [-0.2, -0.15) is 4.98 Å². The van der Waals surface area contributed by atoms with Gasteiger partial charge < -0.3 is 19.8 Å². The maximum atomic E-state index is 12.0. The van der Waals surface area contributed by atoms with Gasteiger partial charge in [-0.15, -0.1) is 0 Å². The smallest absolute Gasteiger partial charge is 0.320 e. The summed E-state index contributed by atoms with van der Waals surface area (Å²) in [5.74, 6) is -0.358. The number of aliphatic carboxylic acids is 1. The summed E-state index contributed by atoms with van der Waals surface area (Å²) in [7, 11) is 0. The molecule has 2 heterocycles. The third-order valence-electron chi connectivity index (χ3n) is 3.53. The summed E-state index contributed by atoms with van der Waals surface area (Å²) in [5, 5.41) is 15.2. The Morgan fingerprint density at radius 2 is 2.14 bits per heavy atom. The van der Waals surface area contributed by atoms with Gasteiger partial charge in [0.05, 0.1) is 0 Å². The molecule has 0 radical (unpaired) electrons. The third-order valence-corrected chi connectivity index (χ3v) is 3.53. The SMILES string of the molecule is CC(C(=O)O)N1CCN(C(=O)NCCc2ncno2)CC1. The van der Waals surface area contributed by atoms with Crippen molar-refractivity contribution >= 4 is 12.0 Å². The molecule has 21 heavy (non-hydrogen) atoms. The number of urea groups is 1. The van der Waals surface area contributed by atoms with Crippen molar-refractivity contribution in [2.75, 3.05) is 32.7 Å². The number of carboxylic acids is 1. The molecule has 1 aliphatic heterocycles. The molecule has 1 aromatic rings. The summed E-state index contributed by atoms with van der Waals surface area (Å²) in [6.45, 7) is 4.23. The van der Waals surface area contributed by atoms with Crippen molar-refractivity contribution in [3.8, 4) is 0 Å². The highest BCUT2D eigenvalue weighted by Crippen LogP contribution is 2.06. The first-order valence-corrected chi connectivity index (χ1v) is 6.83. The van der Waals surface area contributed by atoms with Crippen molar-refractivity contribution in [3.05, 3.63) is 12.2 Å². The van der Waals surface area contributed by atoms with Gasteiger partial charge in [0.25, 0.3) is 0 Å². The Hall–Kier alpha value is -2.16. The van der Waals surface area contributed by atoms with Gasteiger partial charge in [0.2, 0.25) is 5.89 Å². The normalized spacial score (nSPS) is 17.5. The molecule has 1 aromatic heterocycles. The maximum Gasteiger partial charge on any atom is 0.320 e. The van der Waals surface area contributed by atoms with Gasteiger partial charge in [0, 0.05) is 39.1 Å². The van der Waals surface area contributed by atoms with E-state index in [1.807, 2.05) is 4.90 Å². The highest BCUT2D eigenvalue weighted by Gasteiger charge is 2.26. The van der Waals surface area contributed by atoms with Crippen LogP contribution in [-0.4, -0.2) is 75.8 Å². The van der Waals surface area contributed by atoms with Crippen LogP contribution in [0.15, 0.2) is 10.9 Å². The van der Waals surface area contributed by atoms with Crippen molar-refractivity contribution in [1.82, 2.24) is 25.3 Å². The Kier molecular flexibility index (Phi) is 5.09. The lowest BCUT2D eigenvalue weighted by molar-refractivity contribution is -0.143. The summed E-state index contributed by atoms with van der Waals surface area (Å²) >= 11 is 0. The largest absolute Gasteiger partial charge is 0.480 e. The third kappa shape index (κ3) is 4.15. The van der Waals surface area contributed by atoms with Crippen molar-refractivity contribution < 1.29 is 19.2 Å². The summed E-state index contributed by atoms with van der Waals surface area (Å²) in [6.07, 6.45) is 1.81. The van der Waals surface area contributed by atoms with Gasteiger partial charge in [-0.3, -0.25) is 9.69 Å². The van der Waals surface area contributed by atoms with Gasteiger partial charge in [0.1, 0.15) is 6.04 Å². The summed E-state index contributed by atoms with van der Waals surface area (Å²) in [5.41, 5.74) is 0. The highest BCUT2D eigenvalue weighted by atomic mass is 16.5. The molecule has 0 saturated carbocycles. The zero-order valence-electron chi connectivity index (χ0n) is 11.9. The fraction of sp³-hybridized carbons (Fsp3) is 0.667. The predicted octanol–water partition coefficient (Wildman–Crippen LogP) is -0.588. The monoisotopic (exact) mass is 297 g/mol. The van der Waals surface area contributed by atoms with Crippen molar-refractivity contribution in [2.45, 2.75) is 19.4 Å². The number of carbonyl (C=O) groups excluding carboxylic acids is 1. The van der Waals surface area contributed by atoms with Crippen LogP contribution in [0.3, 0.4) is 0 Å². The van der Waals surface area contributed by atoms with E-state index in [0.29, 0.717) is 45.0 Å². The van der Waals surface area contributed by atoms with Crippen LogP contribution in [-0.2, 0) is 11.2 Å². The molecule has 0 bridgehead atoms. The highest BCUT2D eigenvalue weighted by molar-refractivity contribution is 5.74. The molecule has 1 saturated heterocycles. The Bertz CT molecular complexity index is 470. The molecule has 9 nitrogen and oxygen atoms in total. The van der Waals surface area contributed by atoms with E-state index >= 15 is 0 Å². The van der Waals surface area contributed by atoms with Crippen LogP contribution in [0.4, 0.5) is 4.79 Å².